The van der Waals surface area contributed by atoms with Gasteiger partial charge in [-0.15, -0.1) is 0 Å². The summed E-state index contributed by atoms with van der Waals surface area (Å²) in [7, 11) is 0. The molecule has 190 valence electrons. The SMILES string of the molecule is CC(C)CC(Oc1ncc(-c2ccc(C(C)(C)C)cc2)cn1)c1ccc(C(=O)NCCC(=O)O)cc1. The molecule has 3 aromatic rings. The predicted molar refractivity (Wildman–Crippen MR) is 140 cm³/mol. The molecule has 0 saturated heterocycles. The van der Waals surface area contributed by atoms with Gasteiger partial charge in [0.1, 0.15) is 6.10 Å². The van der Waals surface area contributed by atoms with E-state index >= 15 is 0 Å². The summed E-state index contributed by atoms with van der Waals surface area (Å²) in [5, 5.41) is 11.3. The summed E-state index contributed by atoms with van der Waals surface area (Å²) in [6.45, 7) is 10.9. The van der Waals surface area contributed by atoms with E-state index in [2.05, 4.69) is 74.2 Å². The minimum atomic E-state index is -0.951. The van der Waals surface area contributed by atoms with Gasteiger partial charge in [0.2, 0.25) is 0 Å². The van der Waals surface area contributed by atoms with E-state index in [0.29, 0.717) is 17.5 Å². The number of hydrogen-bond donors (Lipinski definition) is 2. The minimum Gasteiger partial charge on any atom is -0.481 e. The van der Waals surface area contributed by atoms with Gasteiger partial charge in [-0.3, -0.25) is 9.59 Å². The summed E-state index contributed by atoms with van der Waals surface area (Å²) in [4.78, 5) is 31.8. The van der Waals surface area contributed by atoms with E-state index in [-0.39, 0.29) is 30.4 Å². The predicted octanol–water partition coefficient (Wildman–Crippen LogP) is 5.81. The van der Waals surface area contributed by atoms with Crippen LogP contribution in [0.1, 0.15) is 75.0 Å². The molecule has 0 saturated carbocycles. The second kappa shape index (κ2) is 11.8. The first kappa shape index (κ1) is 26.9. The summed E-state index contributed by atoms with van der Waals surface area (Å²) in [5.74, 6) is -0.888. The first-order chi connectivity index (χ1) is 17.0. The number of hydrogen-bond acceptors (Lipinski definition) is 5. The molecule has 3 rings (SSSR count). The van der Waals surface area contributed by atoms with Gasteiger partial charge in [0, 0.05) is 30.1 Å². The monoisotopic (exact) mass is 489 g/mol. The van der Waals surface area contributed by atoms with Gasteiger partial charge in [-0.1, -0.05) is 71.0 Å². The van der Waals surface area contributed by atoms with E-state index in [0.717, 1.165) is 23.1 Å². The van der Waals surface area contributed by atoms with Crippen LogP contribution in [0.15, 0.2) is 60.9 Å². The molecule has 0 aliphatic heterocycles. The molecule has 0 radical (unpaired) electrons. The molecule has 0 aliphatic rings. The molecule has 1 unspecified atom stereocenters. The van der Waals surface area contributed by atoms with Crippen molar-refractivity contribution >= 4 is 11.9 Å². The molecule has 0 aliphatic carbocycles. The van der Waals surface area contributed by atoms with Crippen molar-refractivity contribution in [1.29, 1.82) is 0 Å². The summed E-state index contributed by atoms with van der Waals surface area (Å²) < 4.78 is 6.17. The molecule has 1 heterocycles. The quantitative estimate of drug-likeness (QED) is 0.373. The zero-order valence-electron chi connectivity index (χ0n) is 21.6. The third-order valence-corrected chi connectivity index (χ3v) is 5.81. The van der Waals surface area contributed by atoms with Gasteiger partial charge in [0.05, 0.1) is 6.42 Å². The summed E-state index contributed by atoms with van der Waals surface area (Å²) in [6, 6.07) is 15.9. The largest absolute Gasteiger partial charge is 0.481 e. The number of carboxylic acid groups (broad SMARTS) is 1. The topological polar surface area (TPSA) is 101 Å². The van der Waals surface area contributed by atoms with E-state index in [1.54, 1.807) is 24.5 Å². The minimum absolute atomic E-state index is 0.0864. The molecule has 7 heteroatoms. The van der Waals surface area contributed by atoms with Crippen molar-refractivity contribution in [1.82, 2.24) is 15.3 Å². The lowest BCUT2D eigenvalue weighted by Crippen LogP contribution is -2.26. The number of aromatic nitrogens is 2. The Labute approximate surface area is 213 Å². The van der Waals surface area contributed by atoms with Gasteiger partial charge in [0.15, 0.2) is 0 Å². The fourth-order valence-electron chi connectivity index (χ4n) is 3.73. The Morgan fingerprint density at radius 2 is 1.56 bits per heavy atom. The zero-order valence-corrected chi connectivity index (χ0v) is 21.6. The number of nitrogens with zero attached hydrogens (tertiary/aromatic N) is 2. The molecule has 0 spiro atoms. The molecular weight excluding hydrogens is 454 g/mol. The Bertz CT molecular complexity index is 1150. The standard InChI is InChI=1S/C29H35N3O4/c1-19(2)16-25(21-6-8-22(9-7-21)27(35)30-15-14-26(33)34)36-28-31-17-23(18-32-28)20-10-12-24(13-11-20)29(3,4)5/h6-13,17-19,25H,14-16H2,1-5H3,(H,30,35)(H,33,34). The van der Waals surface area contributed by atoms with Gasteiger partial charge in [0.25, 0.3) is 5.91 Å². The van der Waals surface area contributed by atoms with Crippen LogP contribution in [-0.4, -0.2) is 33.5 Å². The van der Waals surface area contributed by atoms with Gasteiger partial charge in [-0.2, -0.15) is 0 Å². The van der Waals surface area contributed by atoms with Crippen LogP contribution in [0.2, 0.25) is 0 Å². The first-order valence-corrected chi connectivity index (χ1v) is 12.2. The molecule has 0 bridgehead atoms. The molecule has 7 nitrogen and oxygen atoms in total. The summed E-state index contributed by atoms with van der Waals surface area (Å²) in [6.07, 6.45) is 3.90. The van der Waals surface area contributed by atoms with Crippen molar-refractivity contribution in [3.05, 3.63) is 77.6 Å². The highest BCUT2D eigenvalue weighted by Gasteiger charge is 2.18. The van der Waals surface area contributed by atoms with E-state index < -0.39 is 5.97 Å². The third kappa shape index (κ3) is 7.63. The molecule has 2 aromatic carbocycles. The van der Waals surface area contributed by atoms with Crippen LogP contribution < -0.4 is 10.1 Å². The van der Waals surface area contributed by atoms with Crippen LogP contribution in [0, 0.1) is 5.92 Å². The lowest BCUT2D eigenvalue weighted by molar-refractivity contribution is -0.136. The van der Waals surface area contributed by atoms with Crippen molar-refractivity contribution in [2.24, 2.45) is 5.92 Å². The van der Waals surface area contributed by atoms with Crippen LogP contribution >= 0.6 is 0 Å². The van der Waals surface area contributed by atoms with Gasteiger partial charge >= 0.3 is 12.0 Å². The summed E-state index contributed by atoms with van der Waals surface area (Å²) in [5.41, 5.74) is 4.71. The number of carbonyl (C=O) groups is 2. The number of amides is 1. The Kier molecular flexibility index (Phi) is 8.80. The number of benzene rings is 2. The highest BCUT2D eigenvalue weighted by Crippen LogP contribution is 2.28. The van der Waals surface area contributed by atoms with E-state index in [4.69, 9.17) is 9.84 Å². The Morgan fingerprint density at radius 3 is 2.08 bits per heavy atom. The zero-order chi connectivity index (χ0) is 26.3. The molecule has 1 amide bonds. The number of carboxylic acids is 1. The Morgan fingerprint density at radius 1 is 0.944 bits per heavy atom. The Balaban J connectivity index is 1.70. The molecule has 36 heavy (non-hydrogen) atoms. The van der Waals surface area contributed by atoms with Crippen LogP contribution in [0.4, 0.5) is 0 Å². The molecule has 1 atom stereocenters. The Hall–Kier alpha value is -3.74. The second-order valence-electron chi connectivity index (χ2n) is 10.3. The van der Waals surface area contributed by atoms with Crippen LogP contribution in [0.3, 0.4) is 0 Å². The van der Waals surface area contributed by atoms with Gasteiger partial charge in [-0.25, -0.2) is 9.97 Å². The maximum atomic E-state index is 12.2. The number of aliphatic carboxylic acids is 1. The van der Waals surface area contributed by atoms with Crippen LogP contribution in [-0.2, 0) is 10.2 Å². The van der Waals surface area contributed by atoms with E-state index in [1.807, 2.05) is 12.1 Å². The maximum Gasteiger partial charge on any atom is 0.316 e. The second-order valence-corrected chi connectivity index (χ2v) is 10.3. The molecule has 0 fully saturated rings. The van der Waals surface area contributed by atoms with Crippen molar-refractivity contribution in [3.8, 4) is 17.1 Å². The van der Waals surface area contributed by atoms with Gasteiger partial charge in [-0.05, 0) is 46.6 Å². The smallest absolute Gasteiger partial charge is 0.316 e. The van der Waals surface area contributed by atoms with Gasteiger partial charge < -0.3 is 15.2 Å². The number of ether oxygens (including phenoxy) is 1. The molecule has 2 N–H and O–H groups in total. The van der Waals surface area contributed by atoms with Crippen LogP contribution in [0.25, 0.3) is 11.1 Å². The van der Waals surface area contributed by atoms with Crippen molar-refractivity contribution in [2.45, 2.75) is 59.0 Å². The third-order valence-electron chi connectivity index (χ3n) is 5.81. The average molecular weight is 490 g/mol. The van der Waals surface area contributed by atoms with E-state index in [9.17, 15) is 9.59 Å². The van der Waals surface area contributed by atoms with Crippen molar-refractivity contribution in [2.75, 3.05) is 6.54 Å². The van der Waals surface area contributed by atoms with Crippen molar-refractivity contribution in [3.63, 3.8) is 0 Å². The van der Waals surface area contributed by atoms with Crippen molar-refractivity contribution < 1.29 is 19.4 Å². The number of nitrogens with one attached hydrogen (secondary N) is 1. The lowest BCUT2D eigenvalue weighted by Gasteiger charge is -2.20. The number of carbonyl (C=O) groups excluding carboxylic acids is 1. The molecular formula is C29H35N3O4. The lowest BCUT2D eigenvalue weighted by atomic mass is 9.86. The first-order valence-electron chi connectivity index (χ1n) is 12.2. The van der Waals surface area contributed by atoms with Crippen LogP contribution in [0.5, 0.6) is 6.01 Å². The fraction of sp³-hybridized carbons (Fsp3) is 0.379. The highest BCUT2D eigenvalue weighted by molar-refractivity contribution is 5.94. The highest BCUT2D eigenvalue weighted by atomic mass is 16.5. The normalized spacial score (nSPS) is 12.3. The fourth-order valence-corrected chi connectivity index (χ4v) is 3.73. The average Bonchev–Trinajstić information content (AvgIpc) is 2.83. The summed E-state index contributed by atoms with van der Waals surface area (Å²) >= 11 is 0. The maximum absolute atomic E-state index is 12.2. The molecule has 1 aromatic heterocycles. The van der Waals surface area contributed by atoms with E-state index in [1.165, 1.54) is 5.56 Å². The number of rotatable bonds is 10.